The molecule has 0 bridgehead atoms. The van der Waals surface area contributed by atoms with Crippen molar-refractivity contribution in [1.82, 2.24) is 15.5 Å². The molecule has 0 saturated heterocycles. The molecule has 1 aromatic heterocycles. The van der Waals surface area contributed by atoms with Gasteiger partial charge in [0, 0.05) is 11.6 Å². The van der Waals surface area contributed by atoms with Crippen LogP contribution in [0.5, 0.6) is 10.9 Å². The molecule has 1 heterocycles. The van der Waals surface area contributed by atoms with E-state index >= 15 is 0 Å². The van der Waals surface area contributed by atoms with Gasteiger partial charge < -0.3 is 10.1 Å². The first-order chi connectivity index (χ1) is 9.33. The van der Waals surface area contributed by atoms with Crippen LogP contribution >= 0.6 is 22.9 Å². The summed E-state index contributed by atoms with van der Waals surface area (Å²) in [6.07, 6.45) is 0. The molecule has 0 unspecified atom stereocenters. The molecule has 20 heavy (non-hydrogen) atoms. The molecule has 4 nitrogen and oxygen atoms in total. The number of benzene rings is 1. The summed E-state index contributed by atoms with van der Waals surface area (Å²) in [4.78, 5) is 0. The quantitative estimate of drug-likeness (QED) is 0.926. The minimum Gasteiger partial charge on any atom is -0.430 e. The molecule has 2 aromatic rings. The third kappa shape index (κ3) is 4.40. The summed E-state index contributed by atoms with van der Waals surface area (Å²) in [5.74, 6) is -0.179. The van der Waals surface area contributed by atoms with E-state index < -0.39 is 5.82 Å². The van der Waals surface area contributed by atoms with E-state index in [0.717, 1.165) is 5.01 Å². The van der Waals surface area contributed by atoms with Gasteiger partial charge in [-0.05, 0) is 32.9 Å². The highest BCUT2D eigenvalue weighted by Gasteiger charge is 2.12. The van der Waals surface area contributed by atoms with Gasteiger partial charge in [0.25, 0.3) is 5.19 Å². The van der Waals surface area contributed by atoms with E-state index in [0.29, 0.717) is 17.5 Å². The van der Waals surface area contributed by atoms with Gasteiger partial charge in [0.05, 0.1) is 11.6 Å². The fraction of sp³-hybridized carbons (Fsp3) is 0.385. The predicted octanol–water partition coefficient (Wildman–Crippen LogP) is 4.01. The van der Waals surface area contributed by atoms with Crippen molar-refractivity contribution in [2.24, 2.45) is 0 Å². The van der Waals surface area contributed by atoms with Crippen LogP contribution < -0.4 is 10.1 Å². The molecular formula is C13H15ClFN3OS. The maximum atomic E-state index is 13.3. The van der Waals surface area contributed by atoms with Crippen molar-refractivity contribution in [3.05, 3.63) is 34.0 Å². The normalized spacial score (nSPS) is 11.7. The largest absolute Gasteiger partial charge is 0.430 e. The second-order valence-electron chi connectivity index (χ2n) is 5.24. The highest BCUT2D eigenvalue weighted by atomic mass is 35.5. The maximum Gasteiger partial charge on any atom is 0.299 e. The van der Waals surface area contributed by atoms with Crippen LogP contribution in [0.2, 0.25) is 5.02 Å². The lowest BCUT2D eigenvalue weighted by molar-refractivity contribution is 0.423. The minimum atomic E-state index is -0.525. The van der Waals surface area contributed by atoms with Gasteiger partial charge in [-0.15, -0.1) is 5.10 Å². The average Bonchev–Trinajstić information content (AvgIpc) is 2.78. The maximum absolute atomic E-state index is 13.3. The number of rotatable bonds is 4. The Morgan fingerprint density at radius 1 is 1.35 bits per heavy atom. The molecular weight excluding hydrogens is 301 g/mol. The van der Waals surface area contributed by atoms with Crippen LogP contribution in [0.3, 0.4) is 0 Å². The monoisotopic (exact) mass is 315 g/mol. The summed E-state index contributed by atoms with van der Waals surface area (Å²) >= 11 is 6.92. The van der Waals surface area contributed by atoms with Gasteiger partial charge in [-0.3, -0.25) is 0 Å². The van der Waals surface area contributed by atoms with Crippen molar-refractivity contribution in [2.75, 3.05) is 0 Å². The first-order valence-corrected chi connectivity index (χ1v) is 7.23. The Balaban J connectivity index is 2.00. The Morgan fingerprint density at radius 3 is 2.75 bits per heavy atom. The second kappa shape index (κ2) is 6.03. The fourth-order valence-electron chi connectivity index (χ4n) is 1.33. The van der Waals surface area contributed by atoms with Crippen molar-refractivity contribution in [1.29, 1.82) is 0 Å². The zero-order chi connectivity index (χ0) is 14.8. The van der Waals surface area contributed by atoms with Crippen LogP contribution in [0.25, 0.3) is 0 Å². The Hall–Kier alpha value is -1.24. The molecule has 0 fully saturated rings. The third-order valence-electron chi connectivity index (χ3n) is 2.31. The molecule has 0 atom stereocenters. The van der Waals surface area contributed by atoms with Crippen LogP contribution in [0.4, 0.5) is 4.39 Å². The molecule has 108 valence electrons. The van der Waals surface area contributed by atoms with Crippen molar-refractivity contribution in [3.63, 3.8) is 0 Å². The standard InChI is InChI=1S/C13H15ClFN3OS/c1-13(2,3)16-7-11-17-18-12(20-11)19-8-4-5-9(14)10(15)6-8/h4-6,16H,7H2,1-3H3. The Morgan fingerprint density at radius 2 is 2.10 bits per heavy atom. The lowest BCUT2D eigenvalue weighted by atomic mass is 10.1. The topological polar surface area (TPSA) is 47.0 Å². The van der Waals surface area contributed by atoms with Gasteiger partial charge >= 0.3 is 0 Å². The van der Waals surface area contributed by atoms with E-state index in [4.69, 9.17) is 16.3 Å². The second-order valence-corrected chi connectivity index (χ2v) is 6.68. The van der Waals surface area contributed by atoms with Crippen LogP contribution in [0.1, 0.15) is 25.8 Å². The first-order valence-electron chi connectivity index (χ1n) is 6.04. The molecule has 0 aliphatic heterocycles. The van der Waals surface area contributed by atoms with Crippen LogP contribution in [0, 0.1) is 5.82 Å². The summed E-state index contributed by atoms with van der Waals surface area (Å²) in [7, 11) is 0. The summed E-state index contributed by atoms with van der Waals surface area (Å²) < 4.78 is 18.7. The number of aromatic nitrogens is 2. The number of hydrogen-bond donors (Lipinski definition) is 1. The summed E-state index contributed by atoms with van der Waals surface area (Å²) in [5, 5.41) is 12.5. The molecule has 0 radical (unpaired) electrons. The third-order valence-corrected chi connectivity index (χ3v) is 3.42. The Labute approximate surface area is 125 Å². The van der Waals surface area contributed by atoms with E-state index in [2.05, 4.69) is 36.3 Å². The smallest absolute Gasteiger partial charge is 0.299 e. The first kappa shape index (κ1) is 15.2. The summed E-state index contributed by atoms with van der Waals surface area (Å²) in [6.45, 7) is 6.82. The summed E-state index contributed by atoms with van der Waals surface area (Å²) in [5.41, 5.74) is 0.00595. The van der Waals surface area contributed by atoms with Crippen LogP contribution in [0.15, 0.2) is 18.2 Å². The molecule has 1 N–H and O–H groups in total. The van der Waals surface area contributed by atoms with Gasteiger partial charge in [-0.2, -0.15) is 0 Å². The van der Waals surface area contributed by atoms with Crippen LogP contribution in [-0.4, -0.2) is 15.7 Å². The molecule has 1 aromatic carbocycles. The fourth-order valence-corrected chi connectivity index (χ4v) is 2.10. The zero-order valence-corrected chi connectivity index (χ0v) is 13.0. The van der Waals surface area contributed by atoms with E-state index in [1.807, 2.05) is 0 Å². The van der Waals surface area contributed by atoms with Crippen molar-refractivity contribution < 1.29 is 9.13 Å². The molecule has 2 rings (SSSR count). The Kier molecular flexibility index (Phi) is 4.57. The molecule has 0 aliphatic rings. The lowest BCUT2D eigenvalue weighted by Crippen LogP contribution is -2.35. The number of nitrogens with one attached hydrogen (secondary N) is 1. The summed E-state index contributed by atoms with van der Waals surface area (Å²) in [6, 6.07) is 4.24. The average molecular weight is 316 g/mol. The highest BCUT2D eigenvalue weighted by Crippen LogP contribution is 2.27. The zero-order valence-electron chi connectivity index (χ0n) is 11.4. The van der Waals surface area contributed by atoms with Gasteiger partial charge in [-0.1, -0.05) is 28.0 Å². The van der Waals surface area contributed by atoms with E-state index in [1.54, 1.807) is 6.07 Å². The lowest BCUT2D eigenvalue weighted by Gasteiger charge is -2.19. The van der Waals surface area contributed by atoms with Crippen molar-refractivity contribution in [2.45, 2.75) is 32.9 Å². The van der Waals surface area contributed by atoms with Crippen molar-refractivity contribution >= 4 is 22.9 Å². The molecule has 0 aliphatic carbocycles. The molecule has 0 saturated carbocycles. The van der Waals surface area contributed by atoms with Gasteiger partial charge in [0.1, 0.15) is 16.6 Å². The number of ether oxygens (including phenoxy) is 1. The molecule has 0 spiro atoms. The van der Waals surface area contributed by atoms with Gasteiger partial charge in [0.15, 0.2) is 0 Å². The number of halogens is 2. The SMILES string of the molecule is CC(C)(C)NCc1nnc(Oc2ccc(Cl)c(F)c2)s1. The van der Waals surface area contributed by atoms with E-state index in [1.165, 1.54) is 23.5 Å². The van der Waals surface area contributed by atoms with E-state index in [-0.39, 0.29) is 10.6 Å². The predicted molar refractivity (Wildman–Crippen MR) is 78.0 cm³/mol. The van der Waals surface area contributed by atoms with Crippen LogP contribution in [-0.2, 0) is 6.54 Å². The van der Waals surface area contributed by atoms with Crippen molar-refractivity contribution in [3.8, 4) is 10.9 Å². The number of nitrogens with zero attached hydrogens (tertiary/aromatic N) is 2. The number of hydrogen-bond acceptors (Lipinski definition) is 5. The minimum absolute atomic E-state index is 0.00595. The highest BCUT2D eigenvalue weighted by molar-refractivity contribution is 7.13. The van der Waals surface area contributed by atoms with E-state index in [9.17, 15) is 4.39 Å². The Bertz CT molecular complexity index is 598. The molecule has 7 heteroatoms. The van der Waals surface area contributed by atoms with Gasteiger partial charge in [-0.25, -0.2) is 4.39 Å². The van der Waals surface area contributed by atoms with Gasteiger partial charge in [0.2, 0.25) is 0 Å². The molecule has 0 amide bonds.